The number of carbonyl (C=O) groups excluding carboxylic acids is 2. The molecule has 0 aliphatic carbocycles. The van der Waals surface area contributed by atoms with Crippen LogP contribution in [0.25, 0.3) is 10.9 Å². The Morgan fingerprint density at radius 1 is 1.09 bits per heavy atom. The average Bonchev–Trinajstić information content (AvgIpc) is 3.26. The Hall–Kier alpha value is -3.61. The summed E-state index contributed by atoms with van der Waals surface area (Å²) in [5.74, 6) is 0.0633. The van der Waals surface area contributed by atoms with Crippen LogP contribution in [0.15, 0.2) is 59.7 Å². The zero-order valence-corrected chi connectivity index (χ0v) is 19.1. The van der Waals surface area contributed by atoms with Gasteiger partial charge in [-0.1, -0.05) is 30.3 Å². The molecule has 2 heterocycles. The number of amidine groups is 1. The normalized spacial score (nSPS) is 15.3. The van der Waals surface area contributed by atoms with Crippen LogP contribution in [0.2, 0.25) is 0 Å². The van der Waals surface area contributed by atoms with Crippen molar-refractivity contribution in [2.75, 3.05) is 20.2 Å². The molecule has 7 heteroatoms. The highest BCUT2D eigenvalue weighted by molar-refractivity contribution is 6.02. The van der Waals surface area contributed by atoms with E-state index in [-0.39, 0.29) is 5.91 Å². The third kappa shape index (κ3) is 5.25. The first kappa shape index (κ1) is 22.6. The average molecular weight is 447 g/mol. The van der Waals surface area contributed by atoms with E-state index in [0.717, 1.165) is 48.2 Å². The van der Waals surface area contributed by atoms with Gasteiger partial charge in [0.25, 0.3) is 5.91 Å². The van der Waals surface area contributed by atoms with Crippen molar-refractivity contribution in [2.45, 2.75) is 38.6 Å². The third-order valence-corrected chi connectivity index (χ3v) is 6.13. The van der Waals surface area contributed by atoms with E-state index in [2.05, 4.69) is 15.2 Å². The minimum Gasteiger partial charge on any atom is -0.467 e. The molecule has 0 saturated carbocycles. The lowest BCUT2D eigenvalue weighted by atomic mass is 10.0. The van der Waals surface area contributed by atoms with Gasteiger partial charge in [-0.15, -0.1) is 0 Å². The summed E-state index contributed by atoms with van der Waals surface area (Å²) in [6.45, 7) is 3.95. The Bertz CT molecular complexity index is 1160. The zero-order chi connectivity index (χ0) is 23.2. The number of nitrogens with zero attached hydrogens (tertiary/aromatic N) is 2. The number of aliphatic imine (C=N–C) groups is 1. The van der Waals surface area contributed by atoms with Gasteiger partial charge in [0.2, 0.25) is 0 Å². The molecule has 2 aromatic carbocycles. The molecule has 2 N–H and O–H groups in total. The van der Waals surface area contributed by atoms with Crippen LogP contribution in [0.5, 0.6) is 0 Å². The van der Waals surface area contributed by atoms with E-state index in [4.69, 9.17) is 9.73 Å². The first-order valence-corrected chi connectivity index (χ1v) is 11.4. The summed E-state index contributed by atoms with van der Waals surface area (Å²) in [5.41, 5.74) is 2.94. The molecule has 1 aliphatic rings. The third-order valence-electron chi connectivity index (χ3n) is 6.13. The number of benzene rings is 2. The fourth-order valence-corrected chi connectivity index (χ4v) is 4.32. The molecule has 1 aliphatic heterocycles. The van der Waals surface area contributed by atoms with Crippen LogP contribution < -0.4 is 5.32 Å². The molecule has 0 bridgehead atoms. The number of carbonyl (C=O) groups is 2. The molecule has 0 radical (unpaired) electrons. The summed E-state index contributed by atoms with van der Waals surface area (Å²) in [6, 6.07) is 14.3. The molecule has 33 heavy (non-hydrogen) atoms. The predicted octanol–water partition coefficient (Wildman–Crippen LogP) is 4.22. The molecule has 7 nitrogen and oxygen atoms in total. The minimum atomic E-state index is -0.818. The molecule has 1 atom stereocenters. The lowest BCUT2D eigenvalue weighted by molar-refractivity contribution is -0.142. The second-order valence-corrected chi connectivity index (χ2v) is 8.34. The fraction of sp³-hybridized carbons (Fsp3) is 0.346. The maximum atomic E-state index is 13.2. The zero-order valence-electron chi connectivity index (χ0n) is 19.1. The van der Waals surface area contributed by atoms with Crippen molar-refractivity contribution in [3.63, 3.8) is 0 Å². The number of likely N-dealkylation sites (tertiary alicyclic amines) is 1. The Labute approximate surface area is 193 Å². The SMILES string of the molecule is COC(=O)[C@H](Cc1c[nH]c2ccccc12)NC(=O)c1ccccc1N=C(C)N1CCCCC1. The number of methoxy groups -OCH3 is 1. The fourth-order valence-electron chi connectivity index (χ4n) is 4.32. The van der Waals surface area contributed by atoms with Crippen molar-refractivity contribution in [1.29, 1.82) is 0 Å². The van der Waals surface area contributed by atoms with E-state index in [1.807, 2.05) is 49.5 Å². The summed E-state index contributed by atoms with van der Waals surface area (Å²) in [6.07, 6.45) is 5.75. The van der Waals surface area contributed by atoms with Crippen LogP contribution in [0.4, 0.5) is 5.69 Å². The number of H-pyrrole nitrogens is 1. The first-order chi connectivity index (χ1) is 16.1. The van der Waals surface area contributed by atoms with E-state index >= 15 is 0 Å². The highest BCUT2D eigenvalue weighted by Gasteiger charge is 2.25. The largest absolute Gasteiger partial charge is 0.467 e. The number of nitrogens with one attached hydrogen (secondary N) is 2. The number of aromatic nitrogens is 1. The molecule has 1 saturated heterocycles. The number of hydrogen-bond acceptors (Lipinski definition) is 4. The van der Waals surface area contributed by atoms with Gasteiger partial charge in [0.15, 0.2) is 0 Å². The standard InChI is InChI=1S/C26H30N4O3/c1-18(30-14-8-3-9-15-30)28-23-13-7-5-11-21(23)25(31)29-24(26(32)33-2)16-19-17-27-22-12-6-4-10-20(19)22/h4-7,10-13,17,24,27H,3,8-9,14-16H2,1-2H3,(H,29,31)/t24-/m0/s1. The second kappa shape index (κ2) is 10.3. The van der Waals surface area contributed by atoms with Gasteiger partial charge < -0.3 is 19.9 Å². The summed E-state index contributed by atoms with van der Waals surface area (Å²) in [5, 5.41) is 3.89. The van der Waals surface area contributed by atoms with Crippen molar-refractivity contribution >= 4 is 34.3 Å². The van der Waals surface area contributed by atoms with Gasteiger partial charge in [0, 0.05) is 36.6 Å². The van der Waals surface area contributed by atoms with Crippen molar-refractivity contribution in [1.82, 2.24) is 15.2 Å². The predicted molar refractivity (Wildman–Crippen MR) is 130 cm³/mol. The molecular formula is C26H30N4O3. The van der Waals surface area contributed by atoms with Crippen LogP contribution in [0, 0.1) is 0 Å². The van der Waals surface area contributed by atoms with E-state index < -0.39 is 12.0 Å². The smallest absolute Gasteiger partial charge is 0.328 e. The maximum Gasteiger partial charge on any atom is 0.328 e. The quantitative estimate of drug-likeness (QED) is 0.337. The monoisotopic (exact) mass is 446 g/mol. The van der Waals surface area contributed by atoms with Crippen molar-refractivity contribution in [2.24, 2.45) is 4.99 Å². The highest BCUT2D eigenvalue weighted by Crippen LogP contribution is 2.22. The van der Waals surface area contributed by atoms with E-state index in [1.165, 1.54) is 13.5 Å². The molecule has 1 amide bonds. The summed E-state index contributed by atoms with van der Waals surface area (Å²) in [4.78, 5) is 36.0. The van der Waals surface area contributed by atoms with Crippen molar-refractivity contribution < 1.29 is 14.3 Å². The first-order valence-electron chi connectivity index (χ1n) is 11.4. The number of esters is 1. The number of aromatic amines is 1. The summed E-state index contributed by atoms with van der Waals surface area (Å²) in [7, 11) is 1.33. The number of rotatable bonds is 6. The topological polar surface area (TPSA) is 86.8 Å². The molecule has 172 valence electrons. The van der Waals surface area contributed by atoms with E-state index in [9.17, 15) is 9.59 Å². The number of amides is 1. The second-order valence-electron chi connectivity index (χ2n) is 8.34. The van der Waals surface area contributed by atoms with Crippen LogP contribution in [0.3, 0.4) is 0 Å². The number of piperidine rings is 1. The van der Waals surface area contributed by atoms with Gasteiger partial charge >= 0.3 is 5.97 Å². The van der Waals surface area contributed by atoms with E-state index in [1.54, 1.807) is 12.1 Å². The molecule has 1 fully saturated rings. The molecule has 0 spiro atoms. The number of ether oxygens (including phenoxy) is 1. The van der Waals surface area contributed by atoms with Crippen LogP contribution >= 0.6 is 0 Å². The van der Waals surface area contributed by atoms with Crippen LogP contribution in [-0.2, 0) is 16.0 Å². The maximum absolute atomic E-state index is 13.2. The molecule has 3 aromatic rings. The Morgan fingerprint density at radius 2 is 1.82 bits per heavy atom. The molecular weight excluding hydrogens is 416 g/mol. The van der Waals surface area contributed by atoms with Gasteiger partial charge in [0.05, 0.1) is 18.4 Å². The summed E-state index contributed by atoms with van der Waals surface area (Å²) >= 11 is 0. The Kier molecular flexibility index (Phi) is 7.07. The molecule has 0 unspecified atom stereocenters. The van der Waals surface area contributed by atoms with Crippen molar-refractivity contribution in [3.05, 3.63) is 65.9 Å². The lowest BCUT2D eigenvalue weighted by Gasteiger charge is -2.28. The van der Waals surface area contributed by atoms with Gasteiger partial charge in [-0.3, -0.25) is 4.79 Å². The lowest BCUT2D eigenvalue weighted by Crippen LogP contribution is -2.43. The van der Waals surface area contributed by atoms with Gasteiger partial charge in [0.1, 0.15) is 11.9 Å². The van der Waals surface area contributed by atoms with E-state index in [0.29, 0.717) is 17.7 Å². The van der Waals surface area contributed by atoms with Gasteiger partial charge in [-0.2, -0.15) is 0 Å². The van der Waals surface area contributed by atoms with Crippen LogP contribution in [-0.4, -0.2) is 53.8 Å². The Morgan fingerprint density at radius 3 is 2.61 bits per heavy atom. The van der Waals surface area contributed by atoms with Gasteiger partial charge in [-0.25, -0.2) is 9.79 Å². The molecule has 1 aromatic heterocycles. The number of hydrogen-bond donors (Lipinski definition) is 2. The van der Waals surface area contributed by atoms with Crippen molar-refractivity contribution in [3.8, 4) is 0 Å². The Balaban J connectivity index is 1.55. The number of fused-ring (bicyclic) bond motifs is 1. The minimum absolute atomic E-state index is 0.320. The van der Waals surface area contributed by atoms with Gasteiger partial charge in [-0.05, 0) is 49.9 Å². The molecule has 4 rings (SSSR count). The van der Waals surface area contributed by atoms with Crippen LogP contribution in [0.1, 0.15) is 42.1 Å². The number of para-hydroxylation sites is 2. The highest BCUT2D eigenvalue weighted by atomic mass is 16.5. The summed E-state index contributed by atoms with van der Waals surface area (Å²) < 4.78 is 4.99.